The molecule has 2 atom stereocenters. The predicted molar refractivity (Wildman–Crippen MR) is 157 cm³/mol. The molecule has 4 amide bonds. The minimum atomic E-state index is -1.28. The maximum atomic E-state index is 14.5. The summed E-state index contributed by atoms with van der Waals surface area (Å²) in [5.74, 6) is -1.34. The van der Waals surface area contributed by atoms with Crippen molar-refractivity contribution in [3.8, 4) is 11.5 Å². The van der Waals surface area contributed by atoms with Crippen molar-refractivity contribution in [2.24, 2.45) is 0 Å². The zero-order valence-corrected chi connectivity index (χ0v) is 23.9. The van der Waals surface area contributed by atoms with Crippen LogP contribution >= 0.6 is 0 Å². The van der Waals surface area contributed by atoms with E-state index in [9.17, 15) is 38.6 Å². The molecule has 2 aliphatic heterocycles. The Labute approximate surface area is 258 Å². The number of carbonyl (C=O) groups excluding carboxylic acids is 2. The molecule has 0 spiro atoms. The maximum Gasteiger partial charge on any atom is 0.347 e. The average Bonchev–Trinajstić information content (AvgIpc) is 3.52. The van der Waals surface area contributed by atoms with Gasteiger partial charge in [0, 0.05) is 12.1 Å². The summed E-state index contributed by atoms with van der Waals surface area (Å²) >= 11 is 0. The number of methoxy groups -OCH3 is 2. The number of rotatable bonds is 8. The van der Waals surface area contributed by atoms with Crippen LogP contribution in [-0.2, 0) is 0 Å². The van der Waals surface area contributed by atoms with Crippen molar-refractivity contribution in [2.75, 3.05) is 24.0 Å². The van der Waals surface area contributed by atoms with Crippen molar-refractivity contribution in [3.05, 3.63) is 128 Å². The van der Waals surface area contributed by atoms with Gasteiger partial charge in [0.2, 0.25) is 11.6 Å². The molecule has 0 unspecified atom stereocenters. The van der Waals surface area contributed by atoms with E-state index in [-0.39, 0.29) is 11.4 Å². The van der Waals surface area contributed by atoms with Gasteiger partial charge in [-0.2, -0.15) is 8.78 Å². The molecule has 4 aromatic rings. The van der Waals surface area contributed by atoms with E-state index in [4.69, 9.17) is 9.47 Å². The van der Waals surface area contributed by atoms with Gasteiger partial charge in [0.25, 0.3) is 0 Å². The van der Waals surface area contributed by atoms with E-state index in [1.54, 1.807) is 48.5 Å². The van der Waals surface area contributed by atoms with Crippen LogP contribution in [-0.4, -0.2) is 46.1 Å². The Bertz CT molecular complexity index is 1750. The van der Waals surface area contributed by atoms with Crippen LogP contribution in [0.1, 0.15) is 23.5 Å². The number of hydrogen-bond acceptors (Lipinski definition) is 8. The first-order valence-electron chi connectivity index (χ1n) is 13.5. The van der Waals surface area contributed by atoms with Crippen molar-refractivity contribution in [2.45, 2.75) is 12.3 Å². The number of amides is 4. The number of nitrogens with zero attached hydrogens (tertiary/aromatic N) is 6. The Hall–Kier alpha value is -6.32. The number of halogens is 2. The van der Waals surface area contributed by atoms with Gasteiger partial charge >= 0.3 is 23.4 Å². The summed E-state index contributed by atoms with van der Waals surface area (Å²) in [4.78, 5) is 52.5. The zero-order valence-electron chi connectivity index (χ0n) is 23.9. The lowest BCUT2D eigenvalue weighted by Gasteiger charge is -2.29. The number of ether oxygens (including phenoxy) is 2. The SMILES string of the molecule is COc1ccc([C@H]2N(c3ccc(F)c([N+](=O)[O-])c3)C(=O)N3[C@@H](c4ccc(OC)cc4)N(c4ccc(F)c([N+](=O)[O-])c4)C(=O)N23)cc1. The second-order valence-corrected chi connectivity index (χ2v) is 10.1. The fourth-order valence-corrected chi connectivity index (χ4v) is 5.50. The first kappa shape index (κ1) is 29.7. The van der Waals surface area contributed by atoms with E-state index in [1.807, 2.05) is 0 Å². The smallest absolute Gasteiger partial charge is 0.347 e. The van der Waals surface area contributed by atoms with Crippen LogP contribution in [0.15, 0.2) is 84.9 Å². The average molecular weight is 633 g/mol. The Morgan fingerprint density at radius 1 is 0.609 bits per heavy atom. The summed E-state index contributed by atoms with van der Waals surface area (Å²) in [7, 11) is 2.89. The number of urea groups is 2. The highest BCUT2D eigenvalue weighted by Gasteiger charge is 2.60. The lowest BCUT2D eigenvalue weighted by atomic mass is 10.1. The van der Waals surface area contributed by atoms with Crippen molar-refractivity contribution >= 4 is 34.8 Å². The molecule has 0 radical (unpaired) electrons. The van der Waals surface area contributed by atoms with Gasteiger partial charge in [-0.1, -0.05) is 24.3 Å². The number of anilines is 2. The van der Waals surface area contributed by atoms with Crippen molar-refractivity contribution in [1.82, 2.24) is 10.0 Å². The van der Waals surface area contributed by atoms with E-state index in [0.717, 1.165) is 44.1 Å². The highest BCUT2D eigenvalue weighted by Crippen LogP contribution is 2.50. The van der Waals surface area contributed by atoms with Crippen LogP contribution in [0.4, 0.5) is 41.1 Å². The molecule has 0 saturated carbocycles. The molecule has 4 aromatic carbocycles. The van der Waals surface area contributed by atoms with Gasteiger partial charge < -0.3 is 9.47 Å². The fraction of sp³-hybridized carbons (Fsp3) is 0.133. The number of nitro groups is 2. The number of hydrogen-bond donors (Lipinski definition) is 0. The number of hydrazine groups is 1. The monoisotopic (exact) mass is 632 g/mol. The second kappa shape index (κ2) is 11.3. The molecule has 0 bridgehead atoms. The van der Waals surface area contributed by atoms with Gasteiger partial charge in [0.1, 0.15) is 11.5 Å². The molecule has 0 N–H and O–H groups in total. The zero-order chi connectivity index (χ0) is 32.9. The molecule has 46 heavy (non-hydrogen) atoms. The van der Waals surface area contributed by atoms with Crippen LogP contribution in [0.5, 0.6) is 11.5 Å². The lowest BCUT2D eigenvalue weighted by molar-refractivity contribution is -0.387. The molecular weight excluding hydrogens is 610 g/mol. The molecule has 2 fully saturated rings. The third-order valence-corrected chi connectivity index (χ3v) is 7.63. The molecule has 234 valence electrons. The van der Waals surface area contributed by atoms with Crippen LogP contribution in [0, 0.1) is 31.9 Å². The fourth-order valence-electron chi connectivity index (χ4n) is 5.50. The standard InChI is InChI=1S/C30H22F2N6O8/c1-45-21-9-3-17(4-10-21)27-33(19-7-13-23(31)25(15-19)37(41)42)29(39)36-28(18-5-11-22(46-2)12-6-18)34(30(40)35(27)36)20-8-14-24(32)26(16-20)38(43)44/h3-16,27-28H,1-2H3/t27-,28-/m0/s1. The second-order valence-electron chi connectivity index (χ2n) is 10.1. The quantitative estimate of drug-likeness (QED) is 0.162. The van der Waals surface area contributed by atoms with E-state index >= 15 is 0 Å². The van der Waals surface area contributed by atoms with Gasteiger partial charge in [-0.3, -0.25) is 30.0 Å². The highest BCUT2D eigenvalue weighted by atomic mass is 19.1. The van der Waals surface area contributed by atoms with Gasteiger partial charge in [-0.05, 0) is 59.7 Å². The lowest BCUT2D eigenvalue weighted by Crippen LogP contribution is -2.40. The third kappa shape index (κ3) is 4.72. The third-order valence-electron chi connectivity index (χ3n) is 7.63. The highest BCUT2D eigenvalue weighted by molar-refractivity contribution is 6.05. The molecule has 0 aliphatic carbocycles. The number of carbonyl (C=O) groups is 2. The summed E-state index contributed by atoms with van der Waals surface area (Å²) in [5.41, 5.74) is -1.23. The van der Waals surface area contributed by atoms with Gasteiger partial charge in [0.05, 0.1) is 35.4 Å². The predicted octanol–water partition coefficient (Wildman–Crippen LogP) is 6.30. The Morgan fingerprint density at radius 2 is 0.957 bits per heavy atom. The van der Waals surface area contributed by atoms with Gasteiger partial charge in [-0.25, -0.2) is 19.6 Å². The molecule has 2 saturated heterocycles. The Kier molecular flexibility index (Phi) is 7.31. The van der Waals surface area contributed by atoms with E-state index < -0.39 is 57.2 Å². The normalized spacial score (nSPS) is 17.4. The summed E-state index contributed by atoms with van der Waals surface area (Å²) in [6, 6.07) is 16.8. The molecule has 14 nitrogen and oxygen atoms in total. The Morgan fingerprint density at radius 3 is 1.26 bits per heavy atom. The summed E-state index contributed by atoms with van der Waals surface area (Å²) in [6.45, 7) is 0. The number of nitro benzene ring substituents is 2. The van der Waals surface area contributed by atoms with E-state index in [0.29, 0.717) is 22.6 Å². The van der Waals surface area contributed by atoms with Crippen LogP contribution in [0.25, 0.3) is 0 Å². The van der Waals surface area contributed by atoms with Gasteiger partial charge in [0.15, 0.2) is 12.3 Å². The van der Waals surface area contributed by atoms with Crippen LogP contribution in [0.2, 0.25) is 0 Å². The molecule has 2 heterocycles. The number of benzene rings is 4. The minimum absolute atomic E-state index is 0.0847. The van der Waals surface area contributed by atoms with E-state index in [2.05, 4.69) is 0 Å². The Balaban J connectivity index is 1.57. The summed E-state index contributed by atoms with van der Waals surface area (Å²) < 4.78 is 39.2. The van der Waals surface area contributed by atoms with Crippen LogP contribution < -0.4 is 19.3 Å². The summed E-state index contributed by atoms with van der Waals surface area (Å²) in [5, 5.41) is 25.4. The van der Waals surface area contributed by atoms with Crippen molar-refractivity contribution in [1.29, 1.82) is 0 Å². The molecule has 0 aromatic heterocycles. The first-order chi connectivity index (χ1) is 22.0. The summed E-state index contributed by atoms with van der Waals surface area (Å²) in [6.07, 6.45) is -2.56. The van der Waals surface area contributed by atoms with Gasteiger partial charge in [-0.15, -0.1) is 0 Å². The van der Waals surface area contributed by atoms with Crippen molar-refractivity contribution < 1.29 is 37.7 Å². The molecule has 6 rings (SSSR count). The maximum absolute atomic E-state index is 14.5. The van der Waals surface area contributed by atoms with E-state index in [1.165, 1.54) is 26.4 Å². The largest absolute Gasteiger partial charge is 0.497 e. The first-order valence-corrected chi connectivity index (χ1v) is 13.5. The molecular formula is C30H22F2N6O8. The molecule has 2 aliphatic rings. The number of fused-ring (bicyclic) bond motifs is 1. The minimum Gasteiger partial charge on any atom is -0.497 e. The van der Waals surface area contributed by atoms with Crippen LogP contribution in [0.3, 0.4) is 0 Å². The van der Waals surface area contributed by atoms with Crippen molar-refractivity contribution in [3.63, 3.8) is 0 Å². The topological polar surface area (TPSA) is 152 Å². The molecule has 16 heteroatoms.